The molecule has 0 unspecified atom stereocenters. The summed E-state index contributed by atoms with van der Waals surface area (Å²) in [5.41, 5.74) is 3.18. The molecule has 2 aromatic heterocycles. The largest absolute Gasteiger partial charge is 0.393 e. The molecule has 4 rings (SSSR count). The zero-order chi connectivity index (χ0) is 20.1. The maximum absolute atomic E-state index is 9.79. The van der Waals surface area contributed by atoms with Gasteiger partial charge in [0.05, 0.1) is 23.0 Å². The maximum atomic E-state index is 9.79. The zero-order valence-electron chi connectivity index (χ0n) is 16.0. The average Bonchev–Trinajstić information content (AvgIpc) is 2.76. The van der Waals surface area contributed by atoms with Crippen LogP contribution in [-0.4, -0.2) is 32.2 Å². The summed E-state index contributed by atoms with van der Waals surface area (Å²) in [6, 6.07) is 13.6. The minimum Gasteiger partial charge on any atom is -0.393 e. The highest BCUT2D eigenvalue weighted by Gasteiger charge is 2.21. The molecule has 1 saturated carbocycles. The van der Waals surface area contributed by atoms with Gasteiger partial charge in [-0.1, -0.05) is 24.1 Å². The second kappa shape index (κ2) is 8.72. The van der Waals surface area contributed by atoms with Gasteiger partial charge in [0.2, 0.25) is 5.95 Å². The monoisotopic (exact) mass is 385 g/mol. The molecule has 1 aliphatic carbocycles. The van der Waals surface area contributed by atoms with Gasteiger partial charge >= 0.3 is 0 Å². The Bertz CT molecular complexity index is 1010. The van der Waals surface area contributed by atoms with Crippen LogP contribution in [-0.2, 0) is 0 Å². The number of benzene rings is 1. The van der Waals surface area contributed by atoms with Crippen molar-refractivity contribution in [2.24, 2.45) is 0 Å². The number of terminal acetylenes is 1. The lowest BCUT2D eigenvalue weighted by Crippen LogP contribution is -2.29. The summed E-state index contributed by atoms with van der Waals surface area (Å²) in [6.07, 6.45) is 12.3. The first-order valence-corrected chi connectivity index (χ1v) is 9.78. The molecule has 0 bridgehead atoms. The molecule has 3 aromatic rings. The lowest BCUT2D eigenvalue weighted by Gasteiger charge is -2.27. The van der Waals surface area contributed by atoms with Gasteiger partial charge in [-0.3, -0.25) is 4.98 Å². The molecule has 0 aliphatic heterocycles. The van der Waals surface area contributed by atoms with Crippen molar-refractivity contribution in [3.8, 4) is 23.6 Å². The minimum absolute atomic E-state index is 0.203. The van der Waals surface area contributed by atoms with Crippen LogP contribution in [0.5, 0.6) is 0 Å². The molecule has 0 radical (unpaired) electrons. The minimum atomic E-state index is -0.203. The van der Waals surface area contributed by atoms with Gasteiger partial charge in [-0.15, -0.1) is 6.42 Å². The number of anilines is 3. The third kappa shape index (κ3) is 4.53. The molecule has 2 heterocycles. The van der Waals surface area contributed by atoms with Gasteiger partial charge in [0.25, 0.3) is 0 Å². The average molecular weight is 385 g/mol. The Morgan fingerprint density at radius 1 is 1.00 bits per heavy atom. The molecule has 0 spiro atoms. The summed E-state index contributed by atoms with van der Waals surface area (Å²) in [5, 5.41) is 16.6. The van der Waals surface area contributed by atoms with Crippen LogP contribution in [0.3, 0.4) is 0 Å². The van der Waals surface area contributed by atoms with Crippen molar-refractivity contribution in [2.75, 3.05) is 10.6 Å². The fourth-order valence-electron chi connectivity index (χ4n) is 3.51. The van der Waals surface area contributed by atoms with Crippen molar-refractivity contribution in [3.05, 3.63) is 60.4 Å². The van der Waals surface area contributed by atoms with Gasteiger partial charge in [-0.2, -0.15) is 4.98 Å². The van der Waals surface area contributed by atoms with Crippen molar-refractivity contribution in [2.45, 2.75) is 37.8 Å². The Morgan fingerprint density at radius 3 is 2.55 bits per heavy atom. The molecular formula is C23H23N5O. The Labute approximate surface area is 170 Å². The summed E-state index contributed by atoms with van der Waals surface area (Å²) in [6.45, 7) is 0. The molecule has 0 amide bonds. The number of aliphatic hydroxyl groups excluding tert-OH is 1. The molecule has 146 valence electrons. The first kappa shape index (κ1) is 18.9. The van der Waals surface area contributed by atoms with E-state index >= 15 is 0 Å². The topological polar surface area (TPSA) is 83.0 Å². The second-order valence-electron chi connectivity index (χ2n) is 7.14. The van der Waals surface area contributed by atoms with E-state index in [9.17, 15) is 5.11 Å². The zero-order valence-corrected chi connectivity index (χ0v) is 16.0. The van der Waals surface area contributed by atoms with Crippen molar-refractivity contribution in [3.63, 3.8) is 0 Å². The van der Waals surface area contributed by atoms with E-state index in [-0.39, 0.29) is 12.1 Å². The Morgan fingerprint density at radius 2 is 1.79 bits per heavy atom. The van der Waals surface area contributed by atoms with Crippen LogP contribution >= 0.6 is 0 Å². The van der Waals surface area contributed by atoms with Crippen molar-refractivity contribution < 1.29 is 5.11 Å². The Kier molecular flexibility index (Phi) is 5.68. The van der Waals surface area contributed by atoms with E-state index in [2.05, 4.69) is 26.5 Å². The summed E-state index contributed by atoms with van der Waals surface area (Å²) in [4.78, 5) is 13.7. The second-order valence-corrected chi connectivity index (χ2v) is 7.14. The smallest absolute Gasteiger partial charge is 0.229 e. The lowest BCUT2D eigenvalue weighted by atomic mass is 9.93. The number of aromatic nitrogens is 3. The SMILES string of the molecule is C#Cc1ccccc1Nc1ncc(-c2ccccn2)c(N[C@H]2CC[C@H](O)CC2)n1. The van der Waals surface area contributed by atoms with Crippen LogP contribution in [0.1, 0.15) is 31.2 Å². The van der Waals surface area contributed by atoms with E-state index in [0.717, 1.165) is 54.0 Å². The highest BCUT2D eigenvalue weighted by atomic mass is 16.3. The summed E-state index contributed by atoms with van der Waals surface area (Å²) >= 11 is 0. The van der Waals surface area contributed by atoms with E-state index < -0.39 is 0 Å². The summed E-state index contributed by atoms with van der Waals surface area (Å²) in [7, 11) is 0. The van der Waals surface area contributed by atoms with Crippen LogP contribution in [0, 0.1) is 12.3 Å². The van der Waals surface area contributed by atoms with Crippen LogP contribution in [0.2, 0.25) is 0 Å². The molecular weight excluding hydrogens is 362 g/mol. The maximum Gasteiger partial charge on any atom is 0.229 e. The number of hydrogen-bond donors (Lipinski definition) is 3. The van der Waals surface area contributed by atoms with Gasteiger partial charge < -0.3 is 15.7 Å². The molecule has 1 aromatic carbocycles. The van der Waals surface area contributed by atoms with Crippen molar-refractivity contribution in [1.29, 1.82) is 0 Å². The first-order valence-electron chi connectivity index (χ1n) is 9.78. The lowest BCUT2D eigenvalue weighted by molar-refractivity contribution is 0.126. The predicted octanol–water partition coefficient (Wildman–Crippen LogP) is 3.98. The van der Waals surface area contributed by atoms with Crippen LogP contribution in [0.25, 0.3) is 11.3 Å². The molecule has 0 atom stereocenters. The first-order chi connectivity index (χ1) is 14.2. The molecule has 6 nitrogen and oxygen atoms in total. The molecule has 1 aliphatic rings. The third-order valence-corrected chi connectivity index (χ3v) is 5.10. The number of aliphatic hydroxyl groups is 1. The highest BCUT2D eigenvalue weighted by Crippen LogP contribution is 2.29. The van der Waals surface area contributed by atoms with Crippen molar-refractivity contribution >= 4 is 17.5 Å². The fourth-order valence-corrected chi connectivity index (χ4v) is 3.51. The number of nitrogens with zero attached hydrogens (tertiary/aromatic N) is 3. The van der Waals surface area contributed by atoms with Crippen molar-refractivity contribution in [1.82, 2.24) is 15.0 Å². The summed E-state index contributed by atoms with van der Waals surface area (Å²) in [5.74, 6) is 3.86. The number of nitrogens with one attached hydrogen (secondary N) is 2. The van der Waals surface area contributed by atoms with E-state index in [0.29, 0.717) is 5.95 Å². The van der Waals surface area contributed by atoms with Gasteiger partial charge in [-0.05, 0) is 49.9 Å². The molecule has 3 N–H and O–H groups in total. The van der Waals surface area contributed by atoms with E-state index in [1.165, 1.54) is 0 Å². The normalized spacial score (nSPS) is 18.6. The summed E-state index contributed by atoms with van der Waals surface area (Å²) < 4.78 is 0. The quantitative estimate of drug-likeness (QED) is 0.576. The van der Waals surface area contributed by atoms with E-state index in [4.69, 9.17) is 11.4 Å². The Balaban J connectivity index is 1.65. The highest BCUT2D eigenvalue weighted by molar-refractivity contribution is 5.74. The molecule has 6 heteroatoms. The van der Waals surface area contributed by atoms with E-state index in [1.54, 1.807) is 12.4 Å². The van der Waals surface area contributed by atoms with Crippen LogP contribution in [0.15, 0.2) is 54.9 Å². The van der Waals surface area contributed by atoms with Gasteiger partial charge in [0.1, 0.15) is 5.82 Å². The standard InChI is InChI=1S/C23H23N5O/c1-2-16-7-3-4-8-20(16)27-23-25-15-19(21-9-5-6-14-24-21)22(28-23)26-17-10-12-18(29)13-11-17/h1,3-9,14-15,17-18,29H,10-13H2,(H2,25,26,27,28)/t17-,18-. The fraction of sp³-hybridized carbons (Fsp3) is 0.261. The predicted molar refractivity (Wildman–Crippen MR) is 115 cm³/mol. The number of rotatable bonds is 5. The van der Waals surface area contributed by atoms with Crippen LogP contribution in [0.4, 0.5) is 17.5 Å². The molecule has 1 fully saturated rings. The number of hydrogen-bond acceptors (Lipinski definition) is 6. The van der Waals surface area contributed by atoms with Gasteiger partial charge in [0.15, 0.2) is 0 Å². The molecule has 29 heavy (non-hydrogen) atoms. The third-order valence-electron chi connectivity index (χ3n) is 5.10. The van der Waals surface area contributed by atoms with Gasteiger partial charge in [0, 0.05) is 24.0 Å². The van der Waals surface area contributed by atoms with Crippen LogP contribution < -0.4 is 10.6 Å². The van der Waals surface area contributed by atoms with Gasteiger partial charge in [-0.25, -0.2) is 4.98 Å². The van der Waals surface area contributed by atoms with E-state index in [1.807, 2.05) is 42.5 Å². The number of para-hydroxylation sites is 1. The molecule has 0 saturated heterocycles. The number of pyridine rings is 1. The Hall–Kier alpha value is -3.43.